The van der Waals surface area contributed by atoms with Gasteiger partial charge in [0.25, 0.3) is 11.5 Å². The normalized spacial score (nSPS) is 11.5. The van der Waals surface area contributed by atoms with Gasteiger partial charge in [-0.2, -0.15) is 0 Å². The predicted octanol–water partition coefficient (Wildman–Crippen LogP) is 2.53. The molecule has 126 valence electrons. The number of carbonyl (C=O) groups is 1. The van der Waals surface area contributed by atoms with Crippen molar-refractivity contribution in [3.05, 3.63) is 45.6 Å². The second-order valence-electron chi connectivity index (χ2n) is 5.98. The third-order valence-corrected chi connectivity index (χ3v) is 5.20. The number of benzene rings is 1. The molecule has 0 atom stereocenters. The summed E-state index contributed by atoms with van der Waals surface area (Å²) >= 11 is 1.39. The summed E-state index contributed by atoms with van der Waals surface area (Å²) in [7, 11) is 3.93. The zero-order chi connectivity index (χ0) is 17.3. The molecule has 0 radical (unpaired) electrons. The Labute approximate surface area is 144 Å². The third-order valence-electron chi connectivity index (χ3n) is 4.03. The molecule has 1 N–H and O–H groups in total. The van der Waals surface area contributed by atoms with Crippen LogP contribution in [0.2, 0.25) is 0 Å². The maximum atomic E-state index is 12.7. The molecule has 24 heavy (non-hydrogen) atoms. The maximum Gasteiger partial charge on any atom is 0.261 e. The van der Waals surface area contributed by atoms with Crippen molar-refractivity contribution in [3.8, 4) is 0 Å². The molecule has 2 heterocycles. The van der Waals surface area contributed by atoms with Crippen LogP contribution in [0.5, 0.6) is 0 Å². The van der Waals surface area contributed by atoms with Crippen LogP contribution in [-0.2, 0) is 6.54 Å². The molecule has 6 heteroatoms. The van der Waals surface area contributed by atoms with E-state index in [4.69, 9.17) is 0 Å². The second-order valence-corrected chi connectivity index (χ2v) is 7.03. The minimum Gasteiger partial charge on any atom is -0.350 e. The highest BCUT2D eigenvalue weighted by atomic mass is 32.1. The molecular weight excluding hydrogens is 322 g/mol. The molecule has 0 saturated heterocycles. The van der Waals surface area contributed by atoms with Crippen molar-refractivity contribution in [1.29, 1.82) is 0 Å². The standard InChI is InChI=1S/C18H21N3O2S/c1-4-21-14-8-6-5-7-12(14)16-13(18(21)23)11-15(24-16)17(22)19-9-10-20(2)3/h5-8,11H,4,9-10H2,1-3H3,(H,19,22). The van der Waals surface area contributed by atoms with Gasteiger partial charge in [-0.1, -0.05) is 18.2 Å². The van der Waals surface area contributed by atoms with E-state index in [0.717, 1.165) is 22.1 Å². The second kappa shape index (κ2) is 6.75. The van der Waals surface area contributed by atoms with E-state index < -0.39 is 0 Å². The summed E-state index contributed by atoms with van der Waals surface area (Å²) in [6.45, 7) is 3.93. The Kier molecular flexibility index (Phi) is 4.69. The monoisotopic (exact) mass is 343 g/mol. The van der Waals surface area contributed by atoms with Crippen molar-refractivity contribution in [2.45, 2.75) is 13.5 Å². The van der Waals surface area contributed by atoms with Crippen molar-refractivity contribution in [2.24, 2.45) is 0 Å². The molecule has 0 unspecified atom stereocenters. The number of para-hydroxylation sites is 1. The lowest BCUT2D eigenvalue weighted by atomic mass is 10.1. The molecule has 0 saturated carbocycles. The molecule has 1 aromatic carbocycles. The number of hydrogen-bond donors (Lipinski definition) is 1. The smallest absolute Gasteiger partial charge is 0.261 e. The van der Waals surface area contributed by atoms with Gasteiger partial charge in [-0.3, -0.25) is 9.59 Å². The van der Waals surface area contributed by atoms with Crippen LogP contribution in [0.15, 0.2) is 35.1 Å². The Bertz CT molecular complexity index is 956. The number of aromatic nitrogens is 1. The van der Waals surface area contributed by atoms with Gasteiger partial charge < -0.3 is 14.8 Å². The van der Waals surface area contributed by atoms with Crippen LogP contribution >= 0.6 is 11.3 Å². The van der Waals surface area contributed by atoms with Crippen molar-refractivity contribution in [1.82, 2.24) is 14.8 Å². The molecule has 0 spiro atoms. The molecule has 0 aliphatic carbocycles. The van der Waals surface area contributed by atoms with E-state index in [1.54, 1.807) is 10.6 Å². The fraction of sp³-hybridized carbons (Fsp3) is 0.333. The average Bonchev–Trinajstić information content (AvgIpc) is 3.01. The number of thiophene rings is 1. The SMILES string of the molecule is CCn1c(=O)c2cc(C(=O)NCCN(C)C)sc2c2ccccc21. The Morgan fingerprint density at radius 2 is 2.00 bits per heavy atom. The van der Waals surface area contributed by atoms with Crippen molar-refractivity contribution < 1.29 is 4.79 Å². The van der Waals surface area contributed by atoms with Crippen LogP contribution in [0.25, 0.3) is 21.0 Å². The van der Waals surface area contributed by atoms with Crippen LogP contribution in [0.3, 0.4) is 0 Å². The van der Waals surface area contributed by atoms with Crippen LogP contribution in [-0.4, -0.2) is 42.6 Å². The minimum atomic E-state index is -0.121. The summed E-state index contributed by atoms with van der Waals surface area (Å²) < 4.78 is 2.65. The van der Waals surface area contributed by atoms with E-state index in [9.17, 15) is 9.59 Å². The van der Waals surface area contributed by atoms with Crippen LogP contribution in [0.4, 0.5) is 0 Å². The molecule has 3 aromatic rings. The van der Waals surface area contributed by atoms with E-state index in [-0.39, 0.29) is 11.5 Å². The summed E-state index contributed by atoms with van der Waals surface area (Å²) in [4.78, 5) is 27.7. The van der Waals surface area contributed by atoms with E-state index in [1.165, 1.54) is 11.3 Å². The number of likely N-dealkylation sites (N-methyl/N-ethyl adjacent to an activating group) is 1. The Morgan fingerprint density at radius 1 is 1.25 bits per heavy atom. The van der Waals surface area contributed by atoms with E-state index in [2.05, 4.69) is 5.32 Å². The number of amides is 1. The van der Waals surface area contributed by atoms with E-state index in [1.807, 2.05) is 50.2 Å². The lowest BCUT2D eigenvalue weighted by molar-refractivity contribution is 0.0955. The zero-order valence-electron chi connectivity index (χ0n) is 14.1. The third kappa shape index (κ3) is 2.95. The number of carbonyl (C=O) groups excluding carboxylic acids is 1. The molecule has 1 amide bonds. The summed E-state index contributed by atoms with van der Waals surface area (Å²) in [5.74, 6) is -0.121. The summed E-state index contributed by atoms with van der Waals surface area (Å²) in [6, 6.07) is 9.58. The highest BCUT2D eigenvalue weighted by molar-refractivity contribution is 7.21. The molecule has 0 aliphatic heterocycles. The largest absolute Gasteiger partial charge is 0.350 e. The Morgan fingerprint density at radius 3 is 2.71 bits per heavy atom. The number of rotatable bonds is 5. The van der Waals surface area contributed by atoms with E-state index in [0.29, 0.717) is 23.4 Å². The highest BCUT2D eigenvalue weighted by Gasteiger charge is 2.16. The average molecular weight is 343 g/mol. The number of nitrogens with one attached hydrogen (secondary N) is 1. The number of nitrogens with zero attached hydrogens (tertiary/aromatic N) is 2. The van der Waals surface area contributed by atoms with Crippen LogP contribution < -0.4 is 10.9 Å². The van der Waals surface area contributed by atoms with Gasteiger partial charge in [0.15, 0.2) is 0 Å². The first-order chi connectivity index (χ1) is 11.5. The van der Waals surface area contributed by atoms with Crippen LogP contribution in [0.1, 0.15) is 16.6 Å². The minimum absolute atomic E-state index is 0.0326. The van der Waals surface area contributed by atoms with Gasteiger partial charge in [0, 0.05) is 29.7 Å². The number of pyridine rings is 1. The van der Waals surface area contributed by atoms with E-state index >= 15 is 0 Å². The first-order valence-corrected chi connectivity index (χ1v) is 8.82. The van der Waals surface area contributed by atoms with Gasteiger partial charge in [-0.15, -0.1) is 11.3 Å². The predicted molar refractivity (Wildman–Crippen MR) is 100 cm³/mol. The molecular formula is C18H21N3O2S. The number of hydrogen-bond acceptors (Lipinski definition) is 4. The van der Waals surface area contributed by atoms with Gasteiger partial charge in [0.2, 0.25) is 0 Å². The molecule has 2 aromatic heterocycles. The molecule has 0 aliphatic rings. The van der Waals surface area contributed by atoms with Crippen molar-refractivity contribution in [3.63, 3.8) is 0 Å². The fourth-order valence-corrected chi connectivity index (χ4v) is 3.91. The maximum absolute atomic E-state index is 12.7. The molecule has 0 bridgehead atoms. The fourth-order valence-electron chi connectivity index (χ4n) is 2.81. The first kappa shape index (κ1) is 16.7. The summed E-state index contributed by atoms with van der Waals surface area (Å²) in [6.07, 6.45) is 0. The Hall–Kier alpha value is -2.18. The Balaban J connectivity index is 2.08. The van der Waals surface area contributed by atoms with Crippen molar-refractivity contribution in [2.75, 3.05) is 27.2 Å². The zero-order valence-corrected chi connectivity index (χ0v) is 14.9. The first-order valence-electron chi connectivity index (χ1n) is 8.01. The molecule has 5 nitrogen and oxygen atoms in total. The highest BCUT2D eigenvalue weighted by Crippen LogP contribution is 2.30. The lowest BCUT2D eigenvalue weighted by Gasteiger charge is -2.09. The van der Waals surface area contributed by atoms with Gasteiger partial charge in [-0.25, -0.2) is 0 Å². The number of aryl methyl sites for hydroxylation is 1. The quantitative estimate of drug-likeness (QED) is 0.774. The summed E-state index contributed by atoms with van der Waals surface area (Å²) in [5, 5.41) is 4.55. The van der Waals surface area contributed by atoms with Gasteiger partial charge in [-0.05, 0) is 33.2 Å². The molecule has 0 fully saturated rings. The van der Waals surface area contributed by atoms with Crippen LogP contribution in [0, 0.1) is 0 Å². The lowest BCUT2D eigenvalue weighted by Crippen LogP contribution is -2.30. The topological polar surface area (TPSA) is 54.3 Å². The molecule has 3 rings (SSSR count). The number of fused-ring (bicyclic) bond motifs is 3. The van der Waals surface area contributed by atoms with Crippen molar-refractivity contribution >= 4 is 38.2 Å². The van der Waals surface area contributed by atoms with Gasteiger partial charge >= 0.3 is 0 Å². The van der Waals surface area contributed by atoms with Gasteiger partial charge in [0.1, 0.15) is 0 Å². The summed E-state index contributed by atoms with van der Waals surface area (Å²) in [5.41, 5.74) is 0.883. The van der Waals surface area contributed by atoms with Gasteiger partial charge in [0.05, 0.1) is 15.8 Å².